The van der Waals surface area contributed by atoms with E-state index in [1.807, 2.05) is 74.2 Å². The monoisotopic (exact) mass is 431 g/mol. The van der Waals surface area contributed by atoms with Crippen LogP contribution in [0.2, 0.25) is 0 Å². The van der Waals surface area contributed by atoms with Gasteiger partial charge in [0.15, 0.2) is 0 Å². The number of benzene rings is 3. The number of aliphatic hydroxyl groups is 1. The molecule has 1 aliphatic heterocycles. The average molecular weight is 432 g/mol. The van der Waals surface area contributed by atoms with Crippen LogP contribution >= 0.6 is 0 Å². The molecule has 2 amide bonds. The third-order valence-electron chi connectivity index (χ3n) is 5.91. The van der Waals surface area contributed by atoms with Crippen LogP contribution in [0.5, 0.6) is 0 Å². The lowest BCUT2D eigenvalue weighted by Gasteiger charge is -2.34. The number of β-amino-alcohol motifs (C(OH)–C–C–N with tert-alkyl or cyclic N) is 1. The van der Waals surface area contributed by atoms with Crippen LogP contribution in [0.25, 0.3) is 10.8 Å². The fourth-order valence-electron chi connectivity index (χ4n) is 4.62. The summed E-state index contributed by atoms with van der Waals surface area (Å²) in [5, 5.41) is 18.1. The Morgan fingerprint density at radius 1 is 1.03 bits per heavy atom. The van der Waals surface area contributed by atoms with Crippen molar-refractivity contribution in [3.63, 3.8) is 0 Å². The van der Waals surface area contributed by atoms with Gasteiger partial charge in [0.05, 0.1) is 19.2 Å². The third kappa shape index (κ3) is 4.60. The molecule has 0 saturated carbocycles. The number of amides is 2. The van der Waals surface area contributed by atoms with E-state index in [0.29, 0.717) is 13.0 Å². The minimum Gasteiger partial charge on any atom is -0.391 e. The molecule has 0 spiro atoms. The maximum Gasteiger partial charge on any atom is 0.243 e. The molecule has 0 bridgehead atoms. The molecule has 0 saturated heterocycles. The standard InChI is InChI=1S/C26H29N3O3/c1-16-10-17(2)25(18(3)11-16)28-23(31)13-27-24(32)15-29-14-21(30)12-20-9-8-19-6-4-5-7-22(19)26(20)29/h4-11,21,30H,12-15H2,1-3H3,(H,27,32)(H,28,31)/t21-/m1/s1. The highest BCUT2D eigenvalue weighted by Crippen LogP contribution is 2.34. The first-order valence-corrected chi connectivity index (χ1v) is 10.9. The zero-order valence-electron chi connectivity index (χ0n) is 18.7. The van der Waals surface area contributed by atoms with Crippen LogP contribution < -0.4 is 15.5 Å². The van der Waals surface area contributed by atoms with Gasteiger partial charge < -0.3 is 20.6 Å². The quantitative estimate of drug-likeness (QED) is 0.579. The number of rotatable bonds is 5. The van der Waals surface area contributed by atoms with E-state index in [1.165, 1.54) is 0 Å². The van der Waals surface area contributed by atoms with Gasteiger partial charge in [0.2, 0.25) is 11.8 Å². The lowest BCUT2D eigenvalue weighted by Crippen LogP contribution is -2.45. The molecular weight excluding hydrogens is 402 g/mol. The molecule has 0 unspecified atom stereocenters. The number of carbonyl (C=O) groups excluding carboxylic acids is 2. The van der Waals surface area contributed by atoms with Crippen LogP contribution in [0.3, 0.4) is 0 Å². The van der Waals surface area contributed by atoms with Gasteiger partial charge in [-0.05, 0) is 42.8 Å². The Bertz CT molecular complexity index is 1170. The van der Waals surface area contributed by atoms with Crippen LogP contribution in [0.15, 0.2) is 48.5 Å². The SMILES string of the molecule is Cc1cc(C)c(NC(=O)CNC(=O)CN2C[C@H](O)Cc3ccc4ccccc4c32)c(C)c1. The predicted molar refractivity (Wildman–Crippen MR) is 128 cm³/mol. The largest absolute Gasteiger partial charge is 0.391 e. The molecule has 1 atom stereocenters. The summed E-state index contributed by atoms with van der Waals surface area (Å²) in [7, 11) is 0. The zero-order chi connectivity index (χ0) is 22.8. The van der Waals surface area contributed by atoms with Crippen LogP contribution in [0.4, 0.5) is 11.4 Å². The summed E-state index contributed by atoms with van der Waals surface area (Å²) >= 11 is 0. The molecule has 4 rings (SSSR count). The maximum atomic E-state index is 12.7. The van der Waals surface area contributed by atoms with Crippen molar-refractivity contribution in [2.24, 2.45) is 0 Å². The maximum absolute atomic E-state index is 12.7. The van der Waals surface area contributed by atoms with Crippen LogP contribution in [0, 0.1) is 20.8 Å². The van der Waals surface area contributed by atoms with Crippen LogP contribution in [-0.2, 0) is 16.0 Å². The van der Waals surface area contributed by atoms with E-state index in [0.717, 1.165) is 44.4 Å². The van der Waals surface area contributed by atoms with Crippen LogP contribution in [0.1, 0.15) is 22.3 Å². The number of nitrogens with one attached hydrogen (secondary N) is 2. The first kappa shape index (κ1) is 21.8. The molecule has 3 N–H and O–H groups in total. The third-order valence-corrected chi connectivity index (χ3v) is 5.91. The molecule has 6 nitrogen and oxygen atoms in total. The Kier molecular flexibility index (Phi) is 6.15. The second kappa shape index (κ2) is 9.01. The second-order valence-electron chi connectivity index (χ2n) is 8.63. The van der Waals surface area contributed by atoms with Crippen molar-refractivity contribution in [3.8, 4) is 0 Å². The van der Waals surface area contributed by atoms with Gasteiger partial charge in [0.25, 0.3) is 0 Å². The molecular formula is C26H29N3O3. The smallest absolute Gasteiger partial charge is 0.243 e. The summed E-state index contributed by atoms with van der Waals surface area (Å²) in [6.07, 6.45) is 0.0305. The Labute approximate surface area is 188 Å². The Morgan fingerprint density at radius 3 is 2.50 bits per heavy atom. The number of hydrogen-bond acceptors (Lipinski definition) is 4. The first-order chi connectivity index (χ1) is 15.3. The molecule has 32 heavy (non-hydrogen) atoms. The molecule has 6 heteroatoms. The van der Waals surface area contributed by atoms with Gasteiger partial charge >= 0.3 is 0 Å². The highest BCUT2D eigenvalue weighted by atomic mass is 16.3. The summed E-state index contributed by atoms with van der Waals surface area (Å²) in [6.45, 7) is 6.28. The van der Waals surface area contributed by atoms with E-state index in [-0.39, 0.29) is 24.9 Å². The Balaban J connectivity index is 1.43. The highest BCUT2D eigenvalue weighted by Gasteiger charge is 2.26. The van der Waals surface area contributed by atoms with Gasteiger partial charge in [-0.25, -0.2) is 0 Å². The van der Waals surface area contributed by atoms with Crippen molar-refractivity contribution in [1.29, 1.82) is 0 Å². The van der Waals surface area contributed by atoms with Gasteiger partial charge in [0, 0.05) is 29.7 Å². The summed E-state index contributed by atoms with van der Waals surface area (Å²) in [5.41, 5.74) is 5.93. The van der Waals surface area contributed by atoms with E-state index < -0.39 is 6.10 Å². The van der Waals surface area contributed by atoms with Crippen molar-refractivity contribution in [2.45, 2.75) is 33.3 Å². The molecule has 1 heterocycles. The minimum atomic E-state index is -0.535. The van der Waals surface area contributed by atoms with E-state index >= 15 is 0 Å². The van der Waals surface area contributed by atoms with E-state index in [1.54, 1.807) is 0 Å². The number of carbonyl (C=O) groups is 2. The Morgan fingerprint density at radius 2 is 1.75 bits per heavy atom. The lowest BCUT2D eigenvalue weighted by atomic mass is 9.95. The molecule has 0 aliphatic carbocycles. The average Bonchev–Trinajstić information content (AvgIpc) is 2.74. The topological polar surface area (TPSA) is 81.7 Å². The lowest BCUT2D eigenvalue weighted by molar-refractivity contribution is -0.123. The molecule has 166 valence electrons. The molecule has 3 aromatic rings. The number of hydrogen-bond donors (Lipinski definition) is 3. The molecule has 0 aromatic heterocycles. The van der Waals surface area contributed by atoms with Crippen molar-refractivity contribution >= 4 is 34.0 Å². The highest BCUT2D eigenvalue weighted by molar-refractivity contribution is 5.99. The van der Waals surface area contributed by atoms with Crippen molar-refractivity contribution in [3.05, 3.63) is 70.8 Å². The summed E-state index contributed by atoms with van der Waals surface area (Å²) < 4.78 is 0. The summed E-state index contributed by atoms with van der Waals surface area (Å²) in [5.74, 6) is -0.525. The number of anilines is 2. The second-order valence-corrected chi connectivity index (χ2v) is 8.63. The Hall–Kier alpha value is -3.38. The first-order valence-electron chi connectivity index (χ1n) is 10.9. The molecule has 1 aliphatic rings. The number of fused-ring (bicyclic) bond motifs is 3. The van der Waals surface area contributed by atoms with Gasteiger partial charge in [-0.2, -0.15) is 0 Å². The fraction of sp³-hybridized carbons (Fsp3) is 0.308. The predicted octanol–water partition coefficient (Wildman–Crippen LogP) is 3.24. The van der Waals surface area contributed by atoms with Crippen LogP contribution in [-0.4, -0.2) is 42.7 Å². The van der Waals surface area contributed by atoms with E-state index in [4.69, 9.17) is 0 Å². The van der Waals surface area contributed by atoms with Crippen molar-refractivity contribution in [2.75, 3.05) is 29.9 Å². The number of nitrogens with zero attached hydrogens (tertiary/aromatic N) is 1. The van der Waals surface area contributed by atoms with Gasteiger partial charge in [0.1, 0.15) is 0 Å². The number of aryl methyl sites for hydroxylation is 3. The van der Waals surface area contributed by atoms with Crippen molar-refractivity contribution < 1.29 is 14.7 Å². The van der Waals surface area contributed by atoms with E-state index in [9.17, 15) is 14.7 Å². The minimum absolute atomic E-state index is 0.0773. The van der Waals surface area contributed by atoms with E-state index in [2.05, 4.69) is 10.6 Å². The van der Waals surface area contributed by atoms with Gasteiger partial charge in [-0.1, -0.05) is 54.1 Å². The zero-order valence-corrected chi connectivity index (χ0v) is 18.7. The van der Waals surface area contributed by atoms with Gasteiger partial charge in [-0.3, -0.25) is 9.59 Å². The molecule has 0 radical (unpaired) electrons. The summed E-state index contributed by atoms with van der Waals surface area (Å²) in [6, 6.07) is 16.1. The summed E-state index contributed by atoms with van der Waals surface area (Å²) in [4.78, 5) is 27.0. The van der Waals surface area contributed by atoms with Gasteiger partial charge in [-0.15, -0.1) is 0 Å². The van der Waals surface area contributed by atoms with Crippen molar-refractivity contribution in [1.82, 2.24) is 5.32 Å². The fourth-order valence-corrected chi connectivity index (χ4v) is 4.62. The molecule has 0 fully saturated rings. The normalized spacial score (nSPS) is 15.4. The number of aliphatic hydroxyl groups excluding tert-OH is 1. The molecule has 3 aromatic carbocycles.